The second-order valence-corrected chi connectivity index (χ2v) is 6.50. The van der Waals surface area contributed by atoms with E-state index in [9.17, 15) is 9.59 Å². The zero-order chi connectivity index (χ0) is 19.8. The van der Waals surface area contributed by atoms with Crippen LogP contribution in [0.3, 0.4) is 0 Å². The molecule has 3 aromatic heterocycles. The first-order valence-corrected chi connectivity index (χ1v) is 8.83. The van der Waals surface area contributed by atoms with Crippen LogP contribution in [0, 0.1) is 0 Å². The summed E-state index contributed by atoms with van der Waals surface area (Å²) in [6.07, 6.45) is 3.54. The first-order chi connectivity index (χ1) is 14.2. The van der Waals surface area contributed by atoms with E-state index in [-0.39, 0.29) is 5.56 Å². The molecule has 0 aliphatic rings. The molecule has 0 saturated heterocycles. The Morgan fingerprint density at radius 2 is 1.76 bits per heavy atom. The normalized spacial score (nSPS) is 11.2. The van der Waals surface area contributed by atoms with Crippen LogP contribution in [0.1, 0.15) is 11.1 Å². The van der Waals surface area contributed by atoms with Gasteiger partial charge in [0.25, 0.3) is 5.56 Å². The monoisotopic (exact) mass is 386 g/mol. The molecule has 0 bridgehead atoms. The molecule has 0 spiro atoms. The Hall–Kier alpha value is -4.27. The smallest absolute Gasteiger partial charge is 0.296 e. The number of nitrogens with one attached hydrogen (secondary N) is 2. The predicted molar refractivity (Wildman–Crippen MR) is 104 cm³/mol. The van der Waals surface area contributed by atoms with Crippen LogP contribution >= 0.6 is 0 Å². The van der Waals surface area contributed by atoms with Gasteiger partial charge in [-0.3, -0.25) is 19.3 Å². The van der Waals surface area contributed by atoms with Gasteiger partial charge in [0, 0.05) is 23.7 Å². The zero-order valence-corrected chi connectivity index (χ0v) is 15.0. The lowest BCUT2D eigenvalue weighted by Gasteiger charge is -2.08. The molecule has 0 fully saturated rings. The highest BCUT2D eigenvalue weighted by Crippen LogP contribution is 2.29. The van der Waals surface area contributed by atoms with Crippen LogP contribution in [-0.2, 0) is 6.42 Å². The molecule has 5 rings (SSSR count). The van der Waals surface area contributed by atoms with Crippen molar-refractivity contribution >= 4 is 5.78 Å². The summed E-state index contributed by atoms with van der Waals surface area (Å²) < 4.78 is 6.17. The lowest BCUT2D eigenvalue weighted by atomic mass is 9.97. The average molecular weight is 386 g/mol. The Labute approximate surface area is 162 Å². The Kier molecular flexibility index (Phi) is 3.91. The van der Waals surface area contributed by atoms with E-state index in [1.165, 1.54) is 6.33 Å². The van der Waals surface area contributed by atoms with Crippen molar-refractivity contribution < 1.29 is 4.52 Å². The van der Waals surface area contributed by atoms with Crippen LogP contribution in [0.2, 0.25) is 0 Å². The third kappa shape index (κ3) is 3.14. The summed E-state index contributed by atoms with van der Waals surface area (Å²) in [6.45, 7) is 0. The fourth-order valence-corrected chi connectivity index (χ4v) is 3.26. The molecule has 0 amide bonds. The molecule has 0 radical (unpaired) electrons. The highest BCUT2D eigenvalue weighted by atomic mass is 16.5. The lowest BCUT2D eigenvalue weighted by Crippen LogP contribution is -2.15. The summed E-state index contributed by atoms with van der Waals surface area (Å²) in [4.78, 5) is 32.8. The number of H-pyrrole nitrogens is 2. The first kappa shape index (κ1) is 16.9. The van der Waals surface area contributed by atoms with Gasteiger partial charge < -0.3 is 0 Å². The van der Waals surface area contributed by atoms with Gasteiger partial charge in [0.05, 0.1) is 0 Å². The van der Waals surface area contributed by atoms with Crippen LogP contribution in [0.5, 0.6) is 0 Å². The summed E-state index contributed by atoms with van der Waals surface area (Å²) in [6, 6.07) is 15.4. The molecule has 29 heavy (non-hydrogen) atoms. The van der Waals surface area contributed by atoms with Crippen LogP contribution in [0.25, 0.3) is 28.3 Å². The first-order valence-electron chi connectivity index (χ1n) is 8.83. The van der Waals surface area contributed by atoms with Crippen molar-refractivity contribution in [2.45, 2.75) is 6.42 Å². The molecule has 9 nitrogen and oxygen atoms in total. The number of aromatic nitrogens is 6. The van der Waals surface area contributed by atoms with E-state index in [2.05, 4.69) is 29.7 Å². The van der Waals surface area contributed by atoms with E-state index in [1.54, 1.807) is 10.7 Å². The summed E-state index contributed by atoms with van der Waals surface area (Å²) in [7, 11) is 0. The largest absolute Gasteiger partial charge is 0.439 e. The number of nitrogens with zero attached hydrogens (tertiary/aromatic N) is 4. The standard InChI is InChI=1S/C20H14N6O3/c27-18-14(10-26-19(24-18)21-11-22-26)9-12-5-7-13(8-6-12)15-3-1-2-4-16(15)17-23-20(28)29-25-17/h1-8,10-11H,9H2,(H,23,25,28)(H,21,22,24,27). The topological polar surface area (TPSA) is 122 Å². The molecule has 0 unspecified atom stereocenters. The highest BCUT2D eigenvalue weighted by molar-refractivity contribution is 5.80. The van der Waals surface area contributed by atoms with Crippen molar-refractivity contribution in [3.63, 3.8) is 0 Å². The van der Waals surface area contributed by atoms with E-state index < -0.39 is 5.76 Å². The van der Waals surface area contributed by atoms with Gasteiger partial charge in [-0.25, -0.2) is 9.31 Å². The maximum absolute atomic E-state index is 12.2. The van der Waals surface area contributed by atoms with E-state index in [0.717, 1.165) is 22.3 Å². The van der Waals surface area contributed by atoms with Crippen molar-refractivity contribution in [3.8, 4) is 22.5 Å². The molecule has 0 aliphatic carbocycles. The van der Waals surface area contributed by atoms with Crippen molar-refractivity contribution in [1.82, 2.24) is 29.7 Å². The molecule has 9 heteroatoms. The molecule has 0 saturated carbocycles. The third-order valence-corrected chi connectivity index (χ3v) is 4.65. The van der Waals surface area contributed by atoms with Gasteiger partial charge in [-0.1, -0.05) is 53.7 Å². The van der Waals surface area contributed by atoms with Crippen molar-refractivity contribution in [1.29, 1.82) is 0 Å². The van der Waals surface area contributed by atoms with Crippen molar-refractivity contribution in [2.75, 3.05) is 0 Å². The second kappa shape index (κ2) is 6.71. The average Bonchev–Trinajstić information content (AvgIpc) is 3.37. The molecule has 5 aromatic rings. The number of rotatable bonds is 4. The number of hydrogen-bond donors (Lipinski definition) is 2. The van der Waals surface area contributed by atoms with Crippen molar-refractivity contribution in [3.05, 3.63) is 93.1 Å². The third-order valence-electron chi connectivity index (χ3n) is 4.65. The number of fused-ring (bicyclic) bond motifs is 1. The molecule has 142 valence electrons. The lowest BCUT2D eigenvalue weighted by molar-refractivity contribution is 0.388. The van der Waals surface area contributed by atoms with E-state index in [1.807, 2.05) is 48.5 Å². The molecule has 2 aromatic carbocycles. The Morgan fingerprint density at radius 3 is 2.52 bits per heavy atom. The Balaban J connectivity index is 1.47. The summed E-state index contributed by atoms with van der Waals surface area (Å²) in [5.41, 5.74) is 4.01. The van der Waals surface area contributed by atoms with Crippen LogP contribution < -0.4 is 11.3 Å². The minimum atomic E-state index is -0.597. The van der Waals surface area contributed by atoms with Gasteiger partial charge in [-0.15, -0.1) is 0 Å². The Morgan fingerprint density at radius 1 is 0.966 bits per heavy atom. The summed E-state index contributed by atoms with van der Waals surface area (Å²) >= 11 is 0. The molecule has 3 heterocycles. The maximum Gasteiger partial charge on any atom is 0.439 e. The van der Waals surface area contributed by atoms with Crippen LogP contribution in [-0.4, -0.2) is 29.7 Å². The molecule has 0 aliphatic heterocycles. The van der Waals surface area contributed by atoms with Gasteiger partial charge in [-0.05, 0) is 16.7 Å². The number of hydrogen-bond acceptors (Lipinski definition) is 6. The van der Waals surface area contributed by atoms with Gasteiger partial charge in [0.15, 0.2) is 5.82 Å². The molecule has 2 N–H and O–H groups in total. The molecule has 0 atom stereocenters. The fourth-order valence-electron chi connectivity index (χ4n) is 3.26. The number of benzene rings is 2. The van der Waals surface area contributed by atoms with Gasteiger partial charge in [0.2, 0.25) is 5.78 Å². The Bertz CT molecular complexity index is 1420. The zero-order valence-electron chi connectivity index (χ0n) is 15.0. The van der Waals surface area contributed by atoms with E-state index in [0.29, 0.717) is 23.6 Å². The maximum atomic E-state index is 12.2. The van der Waals surface area contributed by atoms with Gasteiger partial charge in [-0.2, -0.15) is 10.1 Å². The van der Waals surface area contributed by atoms with E-state index in [4.69, 9.17) is 0 Å². The minimum Gasteiger partial charge on any atom is -0.296 e. The summed E-state index contributed by atoms with van der Waals surface area (Å²) in [5, 5.41) is 7.83. The fraction of sp³-hybridized carbons (Fsp3) is 0.0500. The summed E-state index contributed by atoms with van der Waals surface area (Å²) in [5.74, 6) is 0.193. The highest BCUT2D eigenvalue weighted by Gasteiger charge is 2.12. The van der Waals surface area contributed by atoms with Gasteiger partial charge in [0.1, 0.15) is 6.33 Å². The van der Waals surface area contributed by atoms with Crippen molar-refractivity contribution in [2.24, 2.45) is 0 Å². The van der Waals surface area contributed by atoms with Crippen LogP contribution in [0.15, 0.2) is 75.2 Å². The molecular weight excluding hydrogens is 372 g/mol. The second-order valence-electron chi connectivity index (χ2n) is 6.50. The predicted octanol–water partition coefficient (Wildman–Crippen LogP) is 2.02. The quantitative estimate of drug-likeness (QED) is 0.487. The minimum absolute atomic E-state index is 0.185. The number of aromatic amines is 2. The molecular formula is C20H14N6O3. The van der Waals surface area contributed by atoms with E-state index >= 15 is 0 Å². The van der Waals surface area contributed by atoms with Gasteiger partial charge >= 0.3 is 5.76 Å². The van der Waals surface area contributed by atoms with Crippen LogP contribution in [0.4, 0.5) is 0 Å². The SMILES string of the molecule is O=c1[nH]c(-c2ccccc2-c2ccc(Cc3cn4ncnc4[nH]c3=O)cc2)no1.